The van der Waals surface area contributed by atoms with Gasteiger partial charge in [0.15, 0.2) is 0 Å². The third kappa shape index (κ3) is 6.18. The van der Waals surface area contributed by atoms with Crippen molar-refractivity contribution in [1.29, 1.82) is 0 Å². The number of rotatable bonds is 8. The van der Waals surface area contributed by atoms with E-state index in [0.29, 0.717) is 35.5 Å². The lowest BCUT2D eigenvalue weighted by molar-refractivity contribution is -0.143. The van der Waals surface area contributed by atoms with Gasteiger partial charge in [-0.15, -0.1) is 0 Å². The van der Waals surface area contributed by atoms with Crippen LogP contribution in [0.3, 0.4) is 0 Å². The van der Waals surface area contributed by atoms with Gasteiger partial charge in [0.2, 0.25) is 0 Å². The summed E-state index contributed by atoms with van der Waals surface area (Å²) in [5, 5.41) is 16.3. The van der Waals surface area contributed by atoms with Crippen LogP contribution >= 0.6 is 0 Å². The van der Waals surface area contributed by atoms with Crippen LogP contribution in [-0.2, 0) is 29.7 Å². The van der Waals surface area contributed by atoms with Gasteiger partial charge in [0.25, 0.3) is 0 Å². The zero-order chi connectivity index (χ0) is 25.7. The molecular weight excluding hydrogens is 467 g/mol. The van der Waals surface area contributed by atoms with Crippen LogP contribution in [0.2, 0.25) is 0 Å². The Morgan fingerprint density at radius 2 is 2.08 bits per heavy atom. The fourth-order valence-corrected chi connectivity index (χ4v) is 4.35. The molecule has 1 amide bonds. The molecule has 36 heavy (non-hydrogen) atoms. The largest absolute Gasteiger partial charge is 0.489 e. The maximum atomic E-state index is 13.3. The number of amides is 1. The fourth-order valence-electron chi connectivity index (χ4n) is 4.35. The zero-order valence-electron chi connectivity index (χ0n) is 20.2. The molecule has 2 heterocycles. The van der Waals surface area contributed by atoms with Gasteiger partial charge in [-0.25, -0.2) is 14.2 Å². The Labute approximate surface area is 208 Å². The Bertz CT molecular complexity index is 1240. The highest BCUT2D eigenvalue weighted by molar-refractivity contribution is 5.70. The second kappa shape index (κ2) is 11.2. The van der Waals surface area contributed by atoms with E-state index in [1.165, 1.54) is 12.1 Å². The molecule has 1 aliphatic rings. The molecule has 9 nitrogen and oxygen atoms in total. The average Bonchev–Trinajstić information content (AvgIpc) is 3.23. The van der Waals surface area contributed by atoms with Gasteiger partial charge < -0.3 is 19.9 Å². The Morgan fingerprint density at radius 1 is 1.25 bits per heavy atom. The molecular formula is C26H29FN4O5. The number of aromatic nitrogens is 3. The average molecular weight is 497 g/mol. The molecule has 1 aliphatic carbocycles. The minimum atomic E-state index is -0.774. The number of aryl methyl sites for hydroxylation is 2. The lowest BCUT2D eigenvalue weighted by Crippen LogP contribution is -2.29. The Balaban J connectivity index is 1.38. The summed E-state index contributed by atoms with van der Waals surface area (Å²) >= 11 is 0. The summed E-state index contributed by atoms with van der Waals surface area (Å²) in [5.41, 5.74) is 3.39. The first-order chi connectivity index (χ1) is 17.3. The van der Waals surface area contributed by atoms with E-state index in [9.17, 15) is 19.1 Å². The van der Waals surface area contributed by atoms with Crippen molar-refractivity contribution in [2.24, 2.45) is 13.0 Å². The molecule has 0 spiro atoms. The van der Waals surface area contributed by atoms with E-state index >= 15 is 0 Å². The molecule has 190 valence electrons. The molecule has 1 saturated carbocycles. The van der Waals surface area contributed by atoms with E-state index in [2.05, 4.69) is 15.4 Å². The van der Waals surface area contributed by atoms with Crippen molar-refractivity contribution in [3.8, 4) is 17.0 Å². The first-order valence-electron chi connectivity index (χ1n) is 11.8. The summed E-state index contributed by atoms with van der Waals surface area (Å²) < 4.78 is 26.2. The SMILES string of the molecule is Cc1nc(-c2cnn(C)c2CNC(=O)OCc2cccc(F)c2)ccc1O[C@H]1CCCC(C(=O)O)C1. The first kappa shape index (κ1) is 25.2. The predicted octanol–water partition coefficient (Wildman–Crippen LogP) is 4.38. The van der Waals surface area contributed by atoms with Gasteiger partial charge >= 0.3 is 12.1 Å². The van der Waals surface area contributed by atoms with Gasteiger partial charge in [-0.2, -0.15) is 5.10 Å². The molecule has 0 radical (unpaired) electrons. The summed E-state index contributed by atoms with van der Waals surface area (Å²) in [4.78, 5) is 28.2. The second-order valence-electron chi connectivity index (χ2n) is 8.91. The van der Waals surface area contributed by atoms with Gasteiger partial charge in [0, 0.05) is 12.6 Å². The second-order valence-corrected chi connectivity index (χ2v) is 8.91. The van der Waals surface area contributed by atoms with E-state index in [0.717, 1.165) is 24.1 Å². The number of carbonyl (C=O) groups excluding carboxylic acids is 1. The van der Waals surface area contributed by atoms with Crippen LogP contribution in [0, 0.1) is 18.7 Å². The monoisotopic (exact) mass is 496 g/mol. The summed E-state index contributed by atoms with van der Waals surface area (Å²) in [7, 11) is 1.77. The highest BCUT2D eigenvalue weighted by atomic mass is 19.1. The van der Waals surface area contributed by atoms with E-state index in [1.807, 2.05) is 19.1 Å². The number of hydrogen-bond donors (Lipinski definition) is 2. The number of aliphatic carboxylic acids is 1. The van der Waals surface area contributed by atoms with Crippen LogP contribution < -0.4 is 10.1 Å². The van der Waals surface area contributed by atoms with Crippen LogP contribution in [0.5, 0.6) is 5.75 Å². The topological polar surface area (TPSA) is 116 Å². The van der Waals surface area contributed by atoms with Gasteiger partial charge in [0.1, 0.15) is 18.2 Å². The van der Waals surface area contributed by atoms with E-state index in [4.69, 9.17) is 9.47 Å². The highest BCUT2D eigenvalue weighted by Crippen LogP contribution is 2.31. The number of carboxylic acid groups (broad SMARTS) is 1. The van der Waals surface area contributed by atoms with Gasteiger partial charge in [-0.3, -0.25) is 9.48 Å². The normalized spacial score (nSPS) is 17.4. The lowest BCUT2D eigenvalue weighted by Gasteiger charge is -2.27. The maximum Gasteiger partial charge on any atom is 0.407 e. The van der Waals surface area contributed by atoms with Gasteiger partial charge in [-0.05, 0) is 62.4 Å². The van der Waals surface area contributed by atoms with Crippen LogP contribution in [0.1, 0.15) is 42.6 Å². The molecule has 1 unspecified atom stereocenters. The number of hydrogen-bond acceptors (Lipinski definition) is 6. The van der Waals surface area contributed by atoms with Crippen LogP contribution in [0.4, 0.5) is 9.18 Å². The van der Waals surface area contributed by atoms with Gasteiger partial charge in [0.05, 0.1) is 41.8 Å². The number of ether oxygens (including phenoxy) is 2. The zero-order valence-corrected chi connectivity index (χ0v) is 20.2. The quantitative estimate of drug-likeness (QED) is 0.476. The maximum absolute atomic E-state index is 13.3. The van der Waals surface area contributed by atoms with Crippen molar-refractivity contribution in [1.82, 2.24) is 20.1 Å². The Morgan fingerprint density at radius 3 is 2.83 bits per heavy atom. The van der Waals surface area contributed by atoms with Crippen molar-refractivity contribution in [2.75, 3.05) is 0 Å². The Hall–Kier alpha value is -3.95. The molecule has 1 fully saturated rings. The first-order valence-corrected chi connectivity index (χ1v) is 11.8. The molecule has 10 heteroatoms. The van der Waals surface area contributed by atoms with Gasteiger partial charge in [-0.1, -0.05) is 12.1 Å². The summed E-state index contributed by atoms with van der Waals surface area (Å²) in [6, 6.07) is 9.53. The minimum Gasteiger partial charge on any atom is -0.489 e. The highest BCUT2D eigenvalue weighted by Gasteiger charge is 2.28. The number of nitrogens with one attached hydrogen (secondary N) is 1. The van der Waals surface area contributed by atoms with E-state index in [1.54, 1.807) is 30.1 Å². The van der Waals surface area contributed by atoms with Crippen LogP contribution in [0.15, 0.2) is 42.6 Å². The molecule has 2 atom stereocenters. The molecule has 2 aromatic heterocycles. The van der Waals surface area contributed by atoms with Crippen molar-refractivity contribution in [3.63, 3.8) is 0 Å². The Kier molecular flexibility index (Phi) is 7.82. The number of carbonyl (C=O) groups is 2. The standard InChI is InChI=1S/C26H29FN4O5/c1-16-24(36-20-8-4-6-18(12-20)25(32)33)10-9-22(30-16)21-13-29-31(2)23(21)14-28-26(34)35-15-17-5-3-7-19(27)11-17/h3,5,7,9-11,13,18,20H,4,6,8,12,14-15H2,1-2H3,(H,28,34)(H,32,33)/t18?,20-/m0/s1. The number of alkyl carbamates (subject to hydrolysis) is 1. The summed E-state index contributed by atoms with van der Waals surface area (Å²) in [6.45, 7) is 1.96. The number of nitrogens with zero attached hydrogens (tertiary/aromatic N) is 3. The molecule has 0 bridgehead atoms. The van der Waals surface area contributed by atoms with Crippen LogP contribution in [0.25, 0.3) is 11.3 Å². The third-order valence-electron chi connectivity index (χ3n) is 6.30. The minimum absolute atomic E-state index is 0.0434. The van der Waals surface area contributed by atoms with Crippen LogP contribution in [-0.4, -0.2) is 38.0 Å². The fraction of sp³-hybridized carbons (Fsp3) is 0.385. The van der Waals surface area contributed by atoms with Crippen molar-refractivity contribution < 1.29 is 28.6 Å². The third-order valence-corrected chi connectivity index (χ3v) is 6.30. The summed E-state index contributed by atoms with van der Waals surface area (Å²) in [5.74, 6) is -0.913. The van der Waals surface area contributed by atoms with Crippen molar-refractivity contribution in [2.45, 2.75) is 51.9 Å². The number of carboxylic acids is 1. The molecule has 4 rings (SSSR count). The predicted molar refractivity (Wildman–Crippen MR) is 129 cm³/mol. The number of pyridine rings is 1. The number of benzene rings is 1. The molecule has 0 aliphatic heterocycles. The lowest BCUT2D eigenvalue weighted by atomic mass is 9.87. The number of halogens is 1. The summed E-state index contributed by atoms with van der Waals surface area (Å²) in [6.07, 6.45) is 3.71. The van der Waals surface area contributed by atoms with E-state index in [-0.39, 0.29) is 25.2 Å². The molecule has 1 aromatic carbocycles. The van der Waals surface area contributed by atoms with Crippen molar-refractivity contribution in [3.05, 3.63) is 65.4 Å². The van der Waals surface area contributed by atoms with E-state index < -0.39 is 17.9 Å². The molecule has 0 saturated heterocycles. The van der Waals surface area contributed by atoms with Crippen molar-refractivity contribution >= 4 is 12.1 Å². The molecule has 2 N–H and O–H groups in total. The smallest absolute Gasteiger partial charge is 0.407 e. The molecule has 3 aromatic rings.